The Morgan fingerprint density at radius 3 is 2.41 bits per heavy atom. The molecule has 0 aliphatic heterocycles. The molecular formula is C12H9FN2OS. The minimum atomic E-state index is -0.249. The van der Waals surface area contributed by atoms with Crippen LogP contribution in [0.3, 0.4) is 0 Å². The van der Waals surface area contributed by atoms with Gasteiger partial charge in [-0.15, -0.1) is 11.8 Å². The Hall–Kier alpha value is -1.75. The molecule has 0 radical (unpaired) electrons. The fourth-order valence-corrected chi connectivity index (χ4v) is 1.95. The third kappa shape index (κ3) is 3.35. The predicted octanol–water partition coefficient (Wildman–Crippen LogP) is 2.72. The lowest BCUT2D eigenvalue weighted by molar-refractivity contribution is 0.112. The molecule has 0 saturated heterocycles. The molecular weight excluding hydrogens is 239 g/mol. The number of aldehydes is 1. The van der Waals surface area contributed by atoms with E-state index in [1.165, 1.54) is 36.3 Å². The average molecular weight is 248 g/mol. The van der Waals surface area contributed by atoms with Gasteiger partial charge < -0.3 is 0 Å². The van der Waals surface area contributed by atoms with Gasteiger partial charge in [0.05, 0.1) is 11.3 Å². The monoisotopic (exact) mass is 248 g/mol. The molecule has 86 valence electrons. The fourth-order valence-electron chi connectivity index (χ4n) is 1.18. The summed E-state index contributed by atoms with van der Waals surface area (Å²) in [5, 5.41) is 0. The highest BCUT2D eigenvalue weighted by Crippen LogP contribution is 2.21. The Balaban J connectivity index is 1.97. The fraction of sp³-hybridized carbons (Fsp3) is 0.0833. The van der Waals surface area contributed by atoms with E-state index in [0.717, 1.165) is 4.90 Å². The van der Waals surface area contributed by atoms with Gasteiger partial charge in [-0.2, -0.15) is 0 Å². The van der Waals surface area contributed by atoms with Gasteiger partial charge in [0.2, 0.25) is 0 Å². The number of hydrogen-bond donors (Lipinski definition) is 0. The Bertz CT molecular complexity index is 499. The van der Waals surface area contributed by atoms with Gasteiger partial charge in [-0.05, 0) is 24.3 Å². The molecule has 2 rings (SSSR count). The second-order valence-corrected chi connectivity index (χ2v) is 4.34. The van der Waals surface area contributed by atoms with E-state index in [0.29, 0.717) is 23.4 Å². The standard InChI is InChI=1S/C12H9FN2OS/c13-10-1-3-11(4-2-10)17-8-12-14-5-9(7-16)6-15-12/h1-7H,8H2. The highest BCUT2D eigenvalue weighted by molar-refractivity contribution is 7.98. The van der Waals surface area contributed by atoms with Crippen LogP contribution in [0.5, 0.6) is 0 Å². The SMILES string of the molecule is O=Cc1cnc(CSc2ccc(F)cc2)nc1. The second-order valence-electron chi connectivity index (χ2n) is 3.29. The molecule has 0 bridgehead atoms. The average Bonchev–Trinajstić information content (AvgIpc) is 2.39. The van der Waals surface area contributed by atoms with Crippen molar-refractivity contribution in [3.63, 3.8) is 0 Å². The van der Waals surface area contributed by atoms with Crippen LogP contribution in [0.4, 0.5) is 4.39 Å². The Morgan fingerprint density at radius 1 is 1.18 bits per heavy atom. The van der Waals surface area contributed by atoms with Crippen LogP contribution in [-0.2, 0) is 5.75 Å². The first-order chi connectivity index (χ1) is 8.28. The van der Waals surface area contributed by atoms with Gasteiger partial charge >= 0.3 is 0 Å². The first kappa shape index (κ1) is 11.7. The van der Waals surface area contributed by atoms with E-state index >= 15 is 0 Å². The molecule has 0 aliphatic carbocycles. The van der Waals surface area contributed by atoms with Gasteiger partial charge in [0.1, 0.15) is 11.6 Å². The number of rotatable bonds is 4. The lowest BCUT2D eigenvalue weighted by atomic mass is 10.4. The molecule has 0 spiro atoms. The zero-order valence-corrected chi connectivity index (χ0v) is 9.65. The molecule has 0 atom stereocenters. The van der Waals surface area contributed by atoms with Crippen LogP contribution in [0, 0.1) is 5.82 Å². The molecule has 0 aliphatic rings. The van der Waals surface area contributed by atoms with Crippen LogP contribution in [0.2, 0.25) is 0 Å². The summed E-state index contributed by atoms with van der Waals surface area (Å²) in [5.41, 5.74) is 0.459. The van der Waals surface area contributed by atoms with Crippen molar-refractivity contribution in [3.05, 3.63) is 53.9 Å². The maximum absolute atomic E-state index is 12.7. The van der Waals surface area contributed by atoms with Crippen molar-refractivity contribution in [2.45, 2.75) is 10.6 Å². The van der Waals surface area contributed by atoms with E-state index < -0.39 is 0 Å². The number of benzene rings is 1. The van der Waals surface area contributed by atoms with E-state index in [2.05, 4.69) is 9.97 Å². The minimum Gasteiger partial charge on any atom is -0.298 e. The number of aromatic nitrogens is 2. The largest absolute Gasteiger partial charge is 0.298 e. The summed E-state index contributed by atoms with van der Waals surface area (Å²) in [6.45, 7) is 0. The van der Waals surface area contributed by atoms with Crippen molar-refractivity contribution in [1.82, 2.24) is 9.97 Å². The molecule has 17 heavy (non-hydrogen) atoms. The molecule has 0 N–H and O–H groups in total. The molecule has 1 aromatic heterocycles. The lowest BCUT2D eigenvalue weighted by Crippen LogP contribution is -1.93. The summed E-state index contributed by atoms with van der Waals surface area (Å²) < 4.78 is 12.7. The van der Waals surface area contributed by atoms with Crippen molar-refractivity contribution in [1.29, 1.82) is 0 Å². The summed E-state index contributed by atoms with van der Waals surface area (Å²) >= 11 is 1.52. The maximum atomic E-state index is 12.7. The van der Waals surface area contributed by atoms with Crippen molar-refractivity contribution in [3.8, 4) is 0 Å². The number of halogens is 1. The van der Waals surface area contributed by atoms with Gasteiger partial charge in [0.25, 0.3) is 0 Å². The predicted molar refractivity (Wildman–Crippen MR) is 63.4 cm³/mol. The van der Waals surface area contributed by atoms with E-state index in [4.69, 9.17) is 0 Å². The van der Waals surface area contributed by atoms with Crippen LogP contribution in [-0.4, -0.2) is 16.3 Å². The quantitative estimate of drug-likeness (QED) is 0.616. The van der Waals surface area contributed by atoms with Crippen molar-refractivity contribution in [2.24, 2.45) is 0 Å². The van der Waals surface area contributed by atoms with Gasteiger partial charge in [-0.3, -0.25) is 4.79 Å². The zero-order valence-electron chi connectivity index (χ0n) is 8.84. The van der Waals surface area contributed by atoms with Crippen molar-refractivity contribution >= 4 is 18.0 Å². The summed E-state index contributed by atoms with van der Waals surface area (Å²) in [7, 11) is 0. The van der Waals surface area contributed by atoms with Gasteiger partial charge in [-0.1, -0.05) is 0 Å². The number of nitrogens with zero attached hydrogens (tertiary/aromatic N) is 2. The van der Waals surface area contributed by atoms with Crippen LogP contribution >= 0.6 is 11.8 Å². The highest BCUT2D eigenvalue weighted by atomic mass is 32.2. The Kier molecular flexibility index (Phi) is 3.82. The van der Waals surface area contributed by atoms with Crippen molar-refractivity contribution < 1.29 is 9.18 Å². The summed E-state index contributed by atoms with van der Waals surface area (Å²) in [6, 6.07) is 6.25. The smallest absolute Gasteiger partial charge is 0.153 e. The molecule has 0 amide bonds. The number of hydrogen-bond acceptors (Lipinski definition) is 4. The van der Waals surface area contributed by atoms with E-state index in [1.54, 1.807) is 12.1 Å². The topological polar surface area (TPSA) is 42.9 Å². The molecule has 0 fully saturated rings. The summed E-state index contributed by atoms with van der Waals surface area (Å²) in [5.74, 6) is 0.982. The molecule has 0 unspecified atom stereocenters. The third-order valence-electron chi connectivity index (χ3n) is 2.04. The normalized spacial score (nSPS) is 10.2. The first-order valence-corrected chi connectivity index (χ1v) is 5.91. The molecule has 1 heterocycles. The lowest BCUT2D eigenvalue weighted by Gasteiger charge is -2.00. The Morgan fingerprint density at radius 2 is 1.82 bits per heavy atom. The number of carbonyl (C=O) groups excluding carboxylic acids is 1. The molecule has 1 aromatic carbocycles. The maximum Gasteiger partial charge on any atom is 0.153 e. The van der Waals surface area contributed by atoms with Crippen LogP contribution in [0.25, 0.3) is 0 Å². The number of thioether (sulfide) groups is 1. The highest BCUT2D eigenvalue weighted by Gasteiger charge is 2.00. The van der Waals surface area contributed by atoms with E-state index in [9.17, 15) is 9.18 Å². The van der Waals surface area contributed by atoms with E-state index in [1.807, 2.05) is 0 Å². The van der Waals surface area contributed by atoms with Gasteiger partial charge in [0, 0.05) is 17.3 Å². The molecule has 5 heteroatoms. The zero-order chi connectivity index (χ0) is 12.1. The third-order valence-corrected chi connectivity index (χ3v) is 3.05. The summed E-state index contributed by atoms with van der Waals surface area (Å²) in [6.07, 6.45) is 3.68. The molecule has 2 aromatic rings. The van der Waals surface area contributed by atoms with E-state index in [-0.39, 0.29) is 5.82 Å². The van der Waals surface area contributed by atoms with Gasteiger partial charge in [0.15, 0.2) is 6.29 Å². The van der Waals surface area contributed by atoms with Crippen LogP contribution < -0.4 is 0 Å². The summed E-state index contributed by atoms with van der Waals surface area (Å²) in [4.78, 5) is 19.5. The van der Waals surface area contributed by atoms with Crippen LogP contribution in [0.15, 0.2) is 41.6 Å². The molecule has 3 nitrogen and oxygen atoms in total. The molecule has 0 saturated carbocycles. The Labute approximate surface area is 102 Å². The van der Waals surface area contributed by atoms with Crippen molar-refractivity contribution in [2.75, 3.05) is 0 Å². The second kappa shape index (κ2) is 5.54. The van der Waals surface area contributed by atoms with Gasteiger partial charge in [-0.25, -0.2) is 14.4 Å². The minimum absolute atomic E-state index is 0.249. The van der Waals surface area contributed by atoms with Crippen LogP contribution in [0.1, 0.15) is 16.2 Å². The number of carbonyl (C=O) groups is 1. The first-order valence-electron chi connectivity index (χ1n) is 4.92.